The number of carbonyl (C=O) groups excluding carboxylic acids is 1. The van der Waals surface area contributed by atoms with Crippen LogP contribution in [0.2, 0.25) is 0 Å². The molecule has 0 spiro atoms. The van der Waals surface area contributed by atoms with Crippen molar-refractivity contribution in [3.8, 4) is 11.5 Å². The van der Waals surface area contributed by atoms with Crippen molar-refractivity contribution in [3.05, 3.63) is 59.7 Å². The fourth-order valence-electron chi connectivity index (χ4n) is 3.45. The minimum absolute atomic E-state index is 0.0398. The van der Waals surface area contributed by atoms with Gasteiger partial charge in [-0.3, -0.25) is 4.79 Å². The summed E-state index contributed by atoms with van der Waals surface area (Å²) in [6.07, 6.45) is 3.48. The molecule has 0 bridgehead atoms. The van der Waals surface area contributed by atoms with Gasteiger partial charge < -0.3 is 19.3 Å². The van der Waals surface area contributed by atoms with Crippen molar-refractivity contribution >= 4 is 17.7 Å². The highest BCUT2D eigenvalue weighted by atomic mass is 16.5. The van der Waals surface area contributed by atoms with Crippen molar-refractivity contribution < 1.29 is 14.3 Å². The van der Waals surface area contributed by atoms with E-state index in [1.165, 1.54) is 11.3 Å². The molecule has 0 aliphatic carbocycles. The lowest BCUT2D eigenvalue weighted by Crippen LogP contribution is -2.48. The van der Waals surface area contributed by atoms with Gasteiger partial charge in [0.25, 0.3) is 0 Å². The lowest BCUT2D eigenvalue weighted by Gasteiger charge is -2.35. The zero-order chi connectivity index (χ0) is 21.5. The fourth-order valence-corrected chi connectivity index (χ4v) is 3.45. The second-order valence-electron chi connectivity index (χ2n) is 8.10. The maximum Gasteiger partial charge on any atom is 0.246 e. The van der Waals surface area contributed by atoms with E-state index < -0.39 is 0 Å². The van der Waals surface area contributed by atoms with Crippen molar-refractivity contribution in [2.75, 3.05) is 44.8 Å². The predicted octanol–water partition coefficient (Wildman–Crippen LogP) is 4.40. The minimum atomic E-state index is 0.0398. The van der Waals surface area contributed by atoms with Gasteiger partial charge >= 0.3 is 0 Å². The molecular weight excluding hydrogens is 376 g/mol. The molecule has 0 atom stereocenters. The summed E-state index contributed by atoms with van der Waals surface area (Å²) >= 11 is 0. The third kappa shape index (κ3) is 5.78. The maximum absolute atomic E-state index is 12.6. The lowest BCUT2D eigenvalue weighted by atomic mass is 10.1. The van der Waals surface area contributed by atoms with Crippen LogP contribution >= 0.6 is 0 Å². The third-order valence-corrected chi connectivity index (χ3v) is 5.14. The molecule has 2 aromatic carbocycles. The number of aryl methyl sites for hydroxylation is 1. The van der Waals surface area contributed by atoms with E-state index in [0.29, 0.717) is 18.3 Å². The van der Waals surface area contributed by atoms with Crippen LogP contribution in [0.1, 0.15) is 25.0 Å². The molecule has 1 fully saturated rings. The van der Waals surface area contributed by atoms with E-state index >= 15 is 0 Å². The Kier molecular flexibility index (Phi) is 7.39. The average molecular weight is 409 g/mol. The molecule has 1 aliphatic heterocycles. The highest BCUT2D eigenvalue weighted by Gasteiger charge is 2.19. The van der Waals surface area contributed by atoms with Gasteiger partial charge in [-0.2, -0.15) is 0 Å². The van der Waals surface area contributed by atoms with Crippen LogP contribution in [0.15, 0.2) is 48.5 Å². The van der Waals surface area contributed by atoms with Crippen LogP contribution in [0.3, 0.4) is 0 Å². The average Bonchev–Trinajstić information content (AvgIpc) is 2.76. The van der Waals surface area contributed by atoms with Crippen LogP contribution in [-0.2, 0) is 4.79 Å². The third-order valence-electron chi connectivity index (χ3n) is 5.14. The molecule has 5 nitrogen and oxygen atoms in total. The number of anilines is 1. The molecule has 1 aliphatic rings. The highest BCUT2D eigenvalue weighted by molar-refractivity contribution is 5.92. The van der Waals surface area contributed by atoms with E-state index in [-0.39, 0.29) is 5.91 Å². The number of carbonyl (C=O) groups is 1. The maximum atomic E-state index is 12.6. The molecule has 1 saturated heterocycles. The molecule has 1 amide bonds. The Hall–Kier alpha value is -2.95. The van der Waals surface area contributed by atoms with Gasteiger partial charge in [0.1, 0.15) is 0 Å². The quantitative estimate of drug-likeness (QED) is 0.637. The summed E-state index contributed by atoms with van der Waals surface area (Å²) in [4.78, 5) is 16.9. The molecule has 2 aromatic rings. The first-order chi connectivity index (χ1) is 14.5. The van der Waals surface area contributed by atoms with E-state index in [4.69, 9.17) is 9.47 Å². The molecule has 0 unspecified atom stereocenters. The predicted molar refractivity (Wildman–Crippen MR) is 122 cm³/mol. The summed E-state index contributed by atoms with van der Waals surface area (Å²) in [6, 6.07) is 14.2. The number of ether oxygens (including phenoxy) is 2. The zero-order valence-corrected chi connectivity index (χ0v) is 18.4. The second kappa shape index (κ2) is 10.2. The summed E-state index contributed by atoms with van der Waals surface area (Å²) in [6.45, 7) is 10.1. The SMILES string of the molecule is COc1cc(/C=C/C(=O)N2CCN(c3cccc(C)c3)CC2)ccc1OCC(C)C. The molecule has 0 radical (unpaired) electrons. The van der Waals surface area contributed by atoms with Crippen LogP contribution < -0.4 is 14.4 Å². The van der Waals surface area contributed by atoms with Crippen LogP contribution in [0, 0.1) is 12.8 Å². The van der Waals surface area contributed by atoms with Crippen molar-refractivity contribution in [3.63, 3.8) is 0 Å². The number of methoxy groups -OCH3 is 1. The van der Waals surface area contributed by atoms with Crippen LogP contribution in [-0.4, -0.2) is 50.7 Å². The number of piperazine rings is 1. The van der Waals surface area contributed by atoms with Crippen LogP contribution in [0.5, 0.6) is 11.5 Å². The standard InChI is InChI=1S/C25H32N2O3/c1-19(2)18-30-23-10-8-21(17-24(23)29-4)9-11-25(28)27-14-12-26(13-15-27)22-7-5-6-20(3)16-22/h5-11,16-17,19H,12-15,18H2,1-4H3/b11-9+. The van der Waals surface area contributed by atoms with Gasteiger partial charge in [0.05, 0.1) is 13.7 Å². The zero-order valence-electron chi connectivity index (χ0n) is 18.4. The summed E-state index contributed by atoms with van der Waals surface area (Å²) in [5.41, 5.74) is 3.39. The molecule has 160 valence electrons. The van der Waals surface area contributed by atoms with Crippen molar-refractivity contribution in [1.82, 2.24) is 4.90 Å². The Bertz CT molecular complexity index is 884. The van der Waals surface area contributed by atoms with E-state index in [9.17, 15) is 4.79 Å². The van der Waals surface area contributed by atoms with E-state index in [1.807, 2.05) is 29.2 Å². The van der Waals surface area contributed by atoms with Crippen molar-refractivity contribution in [2.45, 2.75) is 20.8 Å². The van der Waals surface area contributed by atoms with Gasteiger partial charge in [0.2, 0.25) is 5.91 Å². The molecule has 30 heavy (non-hydrogen) atoms. The molecule has 1 heterocycles. The van der Waals surface area contributed by atoms with E-state index in [0.717, 1.165) is 37.5 Å². The van der Waals surface area contributed by atoms with Gasteiger partial charge in [-0.05, 0) is 54.3 Å². The van der Waals surface area contributed by atoms with Gasteiger partial charge in [-0.25, -0.2) is 0 Å². The number of hydrogen-bond donors (Lipinski definition) is 0. The Morgan fingerprint density at radius 2 is 1.83 bits per heavy atom. The minimum Gasteiger partial charge on any atom is -0.493 e. The molecule has 0 saturated carbocycles. The number of hydrogen-bond acceptors (Lipinski definition) is 4. The smallest absolute Gasteiger partial charge is 0.246 e. The summed E-state index contributed by atoms with van der Waals surface area (Å²) in [5, 5.41) is 0. The van der Waals surface area contributed by atoms with Gasteiger partial charge in [0, 0.05) is 37.9 Å². The normalized spacial score (nSPS) is 14.4. The number of nitrogens with zero attached hydrogens (tertiary/aromatic N) is 2. The van der Waals surface area contributed by atoms with E-state index in [2.05, 4.69) is 49.9 Å². The fraction of sp³-hybridized carbons (Fsp3) is 0.400. The number of amides is 1. The van der Waals surface area contributed by atoms with Crippen molar-refractivity contribution in [2.24, 2.45) is 5.92 Å². The Balaban J connectivity index is 1.57. The number of benzene rings is 2. The first kappa shape index (κ1) is 21.8. The molecule has 3 rings (SSSR count). The van der Waals surface area contributed by atoms with E-state index in [1.54, 1.807) is 13.2 Å². The monoisotopic (exact) mass is 408 g/mol. The van der Waals surface area contributed by atoms with Crippen molar-refractivity contribution in [1.29, 1.82) is 0 Å². The van der Waals surface area contributed by atoms with Gasteiger partial charge in [-0.15, -0.1) is 0 Å². The first-order valence-electron chi connectivity index (χ1n) is 10.6. The van der Waals surface area contributed by atoms with Gasteiger partial charge in [-0.1, -0.05) is 32.0 Å². The summed E-state index contributed by atoms with van der Waals surface area (Å²) in [5.74, 6) is 1.88. The van der Waals surface area contributed by atoms with Crippen LogP contribution in [0.4, 0.5) is 5.69 Å². The Labute approximate surface area is 179 Å². The topological polar surface area (TPSA) is 42.0 Å². The van der Waals surface area contributed by atoms with Gasteiger partial charge in [0.15, 0.2) is 11.5 Å². The van der Waals surface area contributed by atoms with Crippen LogP contribution in [0.25, 0.3) is 6.08 Å². The second-order valence-corrected chi connectivity index (χ2v) is 8.10. The lowest BCUT2D eigenvalue weighted by molar-refractivity contribution is -0.126. The number of rotatable bonds is 7. The molecular formula is C25H32N2O3. The largest absolute Gasteiger partial charge is 0.493 e. The Morgan fingerprint density at radius 1 is 1.07 bits per heavy atom. The Morgan fingerprint density at radius 3 is 2.50 bits per heavy atom. The molecule has 5 heteroatoms. The highest BCUT2D eigenvalue weighted by Crippen LogP contribution is 2.29. The summed E-state index contributed by atoms with van der Waals surface area (Å²) in [7, 11) is 1.63. The first-order valence-corrected chi connectivity index (χ1v) is 10.6. The molecule has 0 N–H and O–H groups in total. The molecule has 0 aromatic heterocycles. The summed E-state index contributed by atoms with van der Waals surface area (Å²) < 4.78 is 11.2.